The summed E-state index contributed by atoms with van der Waals surface area (Å²) in [5, 5.41) is 11.2. The van der Waals surface area contributed by atoms with E-state index >= 15 is 0 Å². The van der Waals surface area contributed by atoms with Crippen molar-refractivity contribution in [3.63, 3.8) is 0 Å². The zero-order chi connectivity index (χ0) is 19.5. The van der Waals surface area contributed by atoms with Crippen LogP contribution in [0.2, 0.25) is 0 Å². The summed E-state index contributed by atoms with van der Waals surface area (Å²) in [6, 6.07) is 11.8. The Hall–Kier alpha value is -2.77. The van der Waals surface area contributed by atoms with E-state index in [2.05, 4.69) is 15.5 Å². The SMILES string of the molecule is Cl.O=C(c1cc(Cc2n[nH]c(=O)c3ccccc23)ccc1F)N1CCCNCC1. The molecule has 0 saturated carbocycles. The smallest absolute Gasteiger partial charge is 0.272 e. The van der Waals surface area contributed by atoms with Gasteiger partial charge in [-0.1, -0.05) is 24.3 Å². The summed E-state index contributed by atoms with van der Waals surface area (Å²) in [6.07, 6.45) is 1.24. The molecule has 152 valence electrons. The Kier molecular flexibility index (Phi) is 6.61. The standard InChI is InChI=1S/C21H21FN4O2.ClH/c22-18-7-6-14(12-17(18)21(28)26-10-3-8-23-9-11-26)13-19-15-4-1-2-5-16(15)20(27)25-24-19;/h1-2,4-7,12,23H,3,8-11,13H2,(H,25,27);1H. The molecule has 1 fully saturated rings. The third kappa shape index (κ3) is 4.46. The number of rotatable bonds is 3. The van der Waals surface area contributed by atoms with Crippen molar-refractivity contribution >= 4 is 29.1 Å². The molecule has 8 heteroatoms. The van der Waals surface area contributed by atoms with Crippen LogP contribution < -0.4 is 10.9 Å². The van der Waals surface area contributed by atoms with Gasteiger partial charge in [-0.05, 0) is 36.7 Å². The molecule has 1 aliphatic rings. The lowest BCUT2D eigenvalue weighted by molar-refractivity contribution is 0.0761. The zero-order valence-corrected chi connectivity index (χ0v) is 16.6. The number of benzene rings is 2. The van der Waals surface area contributed by atoms with Gasteiger partial charge in [-0.3, -0.25) is 9.59 Å². The van der Waals surface area contributed by atoms with E-state index in [0.717, 1.165) is 23.9 Å². The van der Waals surface area contributed by atoms with Crippen LogP contribution in [0.5, 0.6) is 0 Å². The zero-order valence-electron chi connectivity index (χ0n) is 15.8. The van der Waals surface area contributed by atoms with Crippen LogP contribution in [0.3, 0.4) is 0 Å². The number of H-pyrrole nitrogens is 1. The highest BCUT2D eigenvalue weighted by Crippen LogP contribution is 2.19. The van der Waals surface area contributed by atoms with Crippen LogP contribution in [0.15, 0.2) is 47.3 Å². The quantitative estimate of drug-likeness (QED) is 0.687. The van der Waals surface area contributed by atoms with Crippen molar-refractivity contribution in [3.05, 3.63) is 75.5 Å². The molecular formula is C21H22ClFN4O2. The molecule has 1 amide bonds. The second kappa shape index (κ2) is 9.15. The number of aromatic amines is 1. The Morgan fingerprint density at radius 3 is 2.72 bits per heavy atom. The predicted molar refractivity (Wildman–Crippen MR) is 112 cm³/mol. The lowest BCUT2D eigenvalue weighted by atomic mass is 10.0. The third-order valence-electron chi connectivity index (χ3n) is 5.04. The fourth-order valence-corrected chi connectivity index (χ4v) is 3.57. The molecule has 6 nitrogen and oxygen atoms in total. The lowest BCUT2D eigenvalue weighted by Gasteiger charge is -2.20. The van der Waals surface area contributed by atoms with Crippen molar-refractivity contribution in [2.45, 2.75) is 12.8 Å². The number of fused-ring (bicyclic) bond motifs is 1. The lowest BCUT2D eigenvalue weighted by Crippen LogP contribution is -2.34. The number of nitrogens with zero attached hydrogens (tertiary/aromatic N) is 2. The molecule has 4 rings (SSSR count). The van der Waals surface area contributed by atoms with Crippen LogP contribution >= 0.6 is 12.4 Å². The summed E-state index contributed by atoms with van der Waals surface area (Å²) < 4.78 is 14.4. The average molecular weight is 417 g/mol. The van der Waals surface area contributed by atoms with Crippen molar-refractivity contribution < 1.29 is 9.18 Å². The molecule has 2 aromatic carbocycles. The van der Waals surface area contributed by atoms with E-state index in [9.17, 15) is 14.0 Å². The monoisotopic (exact) mass is 416 g/mol. The Bertz CT molecular complexity index is 1080. The molecule has 0 radical (unpaired) electrons. The van der Waals surface area contributed by atoms with E-state index < -0.39 is 5.82 Å². The van der Waals surface area contributed by atoms with E-state index in [1.165, 1.54) is 6.07 Å². The van der Waals surface area contributed by atoms with Gasteiger partial charge in [0, 0.05) is 31.4 Å². The van der Waals surface area contributed by atoms with Crippen LogP contribution in [0.4, 0.5) is 4.39 Å². The van der Waals surface area contributed by atoms with Gasteiger partial charge in [0.2, 0.25) is 0 Å². The minimum Gasteiger partial charge on any atom is -0.337 e. The number of carbonyl (C=O) groups excluding carboxylic acids is 1. The Balaban J connectivity index is 0.00000240. The summed E-state index contributed by atoms with van der Waals surface area (Å²) in [4.78, 5) is 26.5. The molecule has 2 heterocycles. The second-order valence-corrected chi connectivity index (χ2v) is 6.93. The minimum atomic E-state index is -0.523. The van der Waals surface area contributed by atoms with Gasteiger partial charge in [0.05, 0.1) is 16.6 Å². The van der Waals surface area contributed by atoms with Crippen molar-refractivity contribution in [1.29, 1.82) is 0 Å². The van der Waals surface area contributed by atoms with Gasteiger partial charge in [-0.15, -0.1) is 12.4 Å². The molecule has 1 aromatic heterocycles. The summed E-state index contributed by atoms with van der Waals surface area (Å²) >= 11 is 0. The fraction of sp³-hybridized carbons (Fsp3) is 0.286. The van der Waals surface area contributed by atoms with Crippen LogP contribution in [0, 0.1) is 5.82 Å². The summed E-state index contributed by atoms with van der Waals surface area (Å²) in [5.74, 6) is -0.812. The Labute approximate surface area is 173 Å². The van der Waals surface area contributed by atoms with Crippen molar-refractivity contribution in [3.8, 4) is 0 Å². The van der Waals surface area contributed by atoms with Crippen LogP contribution in [0.25, 0.3) is 10.8 Å². The van der Waals surface area contributed by atoms with E-state index in [1.54, 1.807) is 29.2 Å². The molecule has 3 aromatic rings. The van der Waals surface area contributed by atoms with E-state index in [4.69, 9.17) is 0 Å². The highest BCUT2D eigenvalue weighted by molar-refractivity contribution is 5.94. The molecule has 29 heavy (non-hydrogen) atoms. The number of hydrogen-bond donors (Lipinski definition) is 2. The number of amides is 1. The van der Waals surface area contributed by atoms with Crippen molar-refractivity contribution in [1.82, 2.24) is 20.4 Å². The molecule has 2 N–H and O–H groups in total. The first kappa shape index (κ1) is 21.0. The van der Waals surface area contributed by atoms with E-state index in [0.29, 0.717) is 37.1 Å². The van der Waals surface area contributed by atoms with Gasteiger partial charge in [-0.25, -0.2) is 9.49 Å². The van der Waals surface area contributed by atoms with Gasteiger partial charge >= 0.3 is 0 Å². The molecule has 0 aliphatic carbocycles. The van der Waals surface area contributed by atoms with Crippen LogP contribution in [0.1, 0.15) is 28.0 Å². The Morgan fingerprint density at radius 2 is 1.90 bits per heavy atom. The van der Waals surface area contributed by atoms with Gasteiger partial charge < -0.3 is 10.2 Å². The topological polar surface area (TPSA) is 78.1 Å². The molecule has 0 atom stereocenters. The second-order valence-electron chi connectivity index (χ2n) is 6.93. The summed E-state index contributed by atoms with van der Waals surface area (Å²) in [7, 11) is 0. The largest absolute Gasteiger partial charge is 0.337 e. The van der Waals surface area contributed by atoms with Crippen molar-refractivity contribution in [2.75, 3.05) is 26.2 Å². The molecule has 0 unspecified atom stereocenters. The number of carbonyl (C=O) groups is 1. The maximum atomic E-state index is 14.4. The summed E-state index contributed by atoms with van der Waals surface area (Å²) in [6.45, 7) is 2.74. The van der Waals surface area contributed by atoms with E-state index in [1.807, 2.05) is 12.1 Å². The fourth-order valence-electron chi connectivity index (χ4n) is 3.57. The van der Waals surface area contributed by atoms with Gasteiger partial charge in [0.15, 0.2) is 0 Å². The maximum absolute atomic E-state index is 14.4. The van der Waals surface area contributed by atoms with Gasteiger partial charge in [0.1, 0.15) is 5.82 Å². The normalized spacial score (nSPS) is 14.3. The van der Waals surface area contributed by atoms with Gasteiger partial charge in [-0.2, -0.15) is 5.10 Å². The first-order valence-electron chi connectivity index (χ1n) is 9.38. The van der Waals surface area contributed by atoms with Crippen LogP contribution in [-0.4, -0.2) is 47.2 Å². The highest BCUT2D eigenvalue weighted by Gasteiger charge is 2.21. The first-order chi connectivity index (χ1) is 13.6. The van der Waals surface area contributed by atoms with Gasteiger partial charge in [0.25, 0.3) is 11.5 Å². The Morgan fingerprint density at radius 1 is 1.10 bits per heavy atom. The van der Waals surface area contributed by atoms with Crippen molar-refractivity contribution in [2.24, 2.45) is 0 Å². The molecule has 0 bridgehead atoms. The number of halogens is 2. The molecular weight excluding hydrogens is 395 g/mol. The molecule has 1 aliphatic heterocycles. The number of nitrogens with one attached hydrogen (secondary N) is 2. The minimum absolute atomic E-state index is 0. The molecule has 1 saturated heterocycles. The third-order valence-corrected chi connectivity index (χ3v) is 5.04. The van der Waals surface area contributed by atoms with E-state index in [-0.39, 0.29) is 29.4 Å². The maximum Gasteiger partial charge on any atom is 0.272 e. The number of hydrogen-bond acceptors (Lipinski definition) is 4. The number of aromatic nitrogens is 2. The van der Waals surface area contributed by atoms with Crippen LogP contribution in [-0.2, 0) is 6.42 Å². The average Bonchev–Trinajstić information content (AvgIpc) is 3.01. The molecule has 0 spiro atoms. The highest BCUT2D eigenvalue weighted by atomic mass is 35.5. The first-order valence-corrected chi connectivity index (χ1v) is 9.38. The predicted octanol–water partition coefficient (Wildman–Crippen LogP) is 2.51. The summed E-state index contributed by atoms with van der Waals surface area (Å²) in [5.41, 5.74) is 1.28.